The van der Waals surface area contributed by atoms with Crippen molar-refractivity contribution in [3.8, 4) is 22.8 Å². The summed E-state index contributed by atoms with van der Waals surface area (Å²) in [4.78, 5) is 30.6. The molecule has 0 bridgehead atoms. The fourth-order valence-corrected chi connectivity index (χ4v) is 5.56. The van der Waals surface area contributed by atoms with E-state index in [1.807, 2.05) is 0 Å². The van der Waals surface area contributed by atoms with Crippen LogP contribution in [0.1, 0.15) is 40.7 Å². The molecular formula is C33H26F5N5O5. The predicted octanol–water partition coefficient (Wildman–Crippen LogP) is 4.72. The molecule has 3 heterocycles. The van der Waals surface area contributed by atoms with Crippen molar-refractivity contribution in [3.05, 3.63) is 107 Å². The number of nitrogens with one attached hydrogen (secondary N) is 1. The number of alkyl halides is 2. The van der Waals surface area contributed by atoms with Crippen molar-refractivity contribution in [1.82, 2.24) is 20.1 Å². The Labute approximate surface area is 268 Å². The first-order valence-corrected chi connectivity index (χ1v) is 14.3. The highest BCUT2D eigenvalue weighted by Crippen LogP contribution is 2.47. The minimum absolute atomic E-state index is 0.0234. The number of fused-ring (bicyclic) bond motifs is 2. The molecule has 2 amide bonds. The Morgan fingerprint density at radius 1 is 1.10 bits per heavy atom. The van der Waals surface area contributed by atoms with Gasteiger partial charge in [-0.15, -0.1) is 0 Å². The molecule has 0 aliphatic carbocycles. The van der Waals surface area contributed by atoms with Gasteiger partial charge in [-0.25, -0.2) is 22.8 Å². The highest BCUT2D eigenvalue weighted by molar-refractivity contribution is 6.00. The number of nitrogens with two attached hydrogens (primary N) is 1. The number of carbonyl (C=O) groups excluding carboxylic acids is 2. The number of pyridine rings is 1. The Bertz CT molecular complexity index is 2090. The minimum Gasteiger partial charge on any atom is -0.494 e. The van der Waals surface area contributed by atoms with E-state index in [0.29, 0.717) is 16.8 Å². The lowest BCUT2D eigenvalue weighted by molar-refractivity contribution is -0.123. The third-order valence-corrected chi connectivity index (χ3v) is 8.33. The van der Waals surface area contributed by atoms with Crippen molar-refractivity contribution in [2.75, 3.05) is 20.3 Å². The number of primary amides is 1. The van der Waals surface area contributed by atoms with Gasteiger partial charge in [0.25, 0.3) is 5.91 Å². The maximum atomic E-state index is 15.2. The van der Waals surface area contributed by atoms with Gasteiger partial charge in [-0.05, 0) is 36.8 Å². The van der Waals surface area contributed by atoms with Crippen LogP contribution in [-0.2, 0) is 15.8 Å². The van der Waals surface area contributed by atoms with E-state index in [9.17, 15) is 32.3 Å². The van der Waals surface area contributed by atoms with E-state index in [1.54, 1.807) is 18.2 Å². The number of aromatic nitrogens is 3. The van der Waals surface area contributed by atoms with Crippen LogP contribution in [0.15, 0.2) is 66.9 Å². The summed E-state index contributed by atoms with van der Waals surface area (Å²) in [6.45, 7) is -2.36. The van der Waals surface area contributed by atoms with Gasteiger partial charge in [0.15, 0.2) is 11.6 Å². The molecule has 5 aromatic rings. The van der Waals surface area contributed by atoms with E-state index in [2.05, 4.69) is 15.4 Å². The topological polar surface area (TPSA) is 142 Å². The number of hydrogen-bond acceptors (Lipinski definition) is 7. The molecular weight excluding hydrogens is 641 g/mol. The van der Waals surface area contributed by atoms with Crippen LogP contribution in [0.3, 0.4) is 0 Å². The highest BCUT2D eigenvalue weighted by atomic mass is 19.3. The minimum atomic E-state index is -2.94. The van der Waals surface area contributed by atoms with E-state index in [4.69, 9.17) is 15.2 Å². The molecule has 2 aromatic heterocycles. The molecule has 48 heavy (non-hydrogen) atoms. The summed E-state index contributed by atoms with van der Waals surface area (Å²) in [5.74, 6) is -5.72. The average Bonchev–Trinajstić information content (AvgIpc) is 3.67. The van der Waals surface area contributed by atoms with E-state index < -0.39 is 58.9 Å². The van der Waals surface area contributed by atoms with Gasteiger partial charge in [0.05, 0.1) is 19.3 Å². The molecule has 1 aliphatic heterocycles. The second kappa shape index (κ2) is 11.9. The van der Waals surface area contributed by atoms with Crippen LogP contribution in [0.5, 0.6) is 11.5 Å². The summed E-state index contributed by atoms with van der Waals surface area (Å²) in [7, 11) is 1.28. The van der Waals surface area contributed by atoms with Crippen LogP contribution in [0.2, 0.25) is 0 Å². The molecule has 0 saturated heterocycles. The molecule has 6 rings (SSSR count). The molecule has 1 aliphatic rings. The second-order valence-electron chi connectivity index (χ2n) is 11.4. The number of rotatable bonds is 9. The van der Waals surface area contributed by atoms with Crippen molar-refractivity contribution in [2.24, 2.45) is 5.73 Å². The summed E-state index contributed by atoms with van der Waals surface area (Å²) in [6, 6.07) is 12.7. The van der Waals surface area contributed by atoms with Crippen LogP contribution in [0.4, 0.5) is 22.0 Å². The van der Waals surface area contributed by atoms with Crippen LogP contribution in [-0.4, -0.2) is 51.9 Å². The van der Waals surface area contributed by atoms with E-state index in [0.717, 1.165) is 6.20 Å². The van der Waals surface area contributed by atoms with Crippen molar-refractivity contribution in [3.63, 3.8) is 0 Å². The van der Waals surface area contributed by atoms with Gasteiger partial charge in [0.1, 0.15) is 46.1 Å². The van der Waals surface area contributed by atoms with E-state index >= 15 is 4.39 Å². The van der Waals surface area contributed by atoms with Gasteiger partial charge in [-0.1, -0.05) is 30.3 Å². The smallest absolute Gasteiger partial charge is 0.333 e. The Morgan fingerprint density at radius 3 is 2.48 bits per heavy atom. The Hall–Kier alpha value is -5.57. The van der Waals surface area contributed by atoms with Gasteiger partial charge < -0.3 is 25.6 Å². The number of halogens is 5. The second-order valence-corrected chi connectivity index (χ2v) is 11.4. The average molecular weight is 668 g/mol. The first kappa shape index (κ1) is 32.4. The maximum Gasteiger partial charge on any atom is 0.333 e. The molecule has 0 saturated carbocycles. The number of carbonyl (C=O) groups is 2. The summed E-state index contributed by atoms with van der Waals surface area (Å²) in [6.07, 6.45) is 1.05. The number of nitrogens with zero attached hydrogens (tertiary/aromatic N) is 3. The molecule has 0 fully saturated rings. The molecule has 4 N–H and O–H groups in total. The van der Waals surface area contributed by atoms with E-state index in [-0.39, 0.29) is 57.1 Å². The number of ether oxygens (including phenoxy) is 2. The lowest BCUT2D eigenvalue weighted by Gasteiger charge is -2.30. The number of amides is 2. The van der Waals surface area contributed by atoms with Crippen LogP contribution in [0, 0.1) is 17.5 Å². The largest absolute Gasteiger partial charge is 0.494 e. The highest BCUT2D eigenvalue weighted by Gasteiger charge is 2.46. The number of benzene rings is 3. The molecule has 248 valence electrons. The molecule has 3 aromatic carbocycles. The molecule has 10 nitrogen and oxygen atoms in total. The normalized spacial score (nSPS) is 16.8. The van der Waals surface area contributed by atoms with Crippen molar-refractivity contribution in [2.45, 2.75) is 24.5 Å². The van der Waals surface area contributed by atoms with Crippen molar-refractivity contribution >= 4 is 22.7 Å². The van der Waals surface area contributed by atoms with E-state index in [1.165, 1.54) is 44.4 Å². The maximum absolute atomic E-state index is 15.2. The quantitative estimate of drug-likeness (QED) is 0.153. The number of hydrogen-bond donors (Lipinski definition) is 3. The van der Waals surface area contributed by atoms with Crippen LogP contribution >= 0.6 is 0 Å². The van der Waals surface area contributed by atoms with Gasteiger partial charge >= 0.3 is 6.55 Å². The van der Waals surface area contributed by atoms with Gasteiger partial charge in [0, 0.05) is 34.3 Å². The van der Waals surface area contributed by atoms with Crippen LogP contribution in [0.25, 0.3) is 22.2 Å². The van der Waals surface area contributed by atoms with Gasteiger partial charge in [-0.3, -0.25) is 9.59 Å². The molecule has 0 radical (unpaired) electrons. The first-order valence-electron chi connectivity index (χ1n) is 14.3. The summed E-state index contributed by atoms with van der Waals surface area (Å²) < 4.78 is 81.5. The monoisotopic (exact) mass is 667 g/mol. The fraction of sp³-hybridized carbons (Fsp3) is 0.212. The lowest BCUT2D eigenvalue weighted by Crippen LogP contribution is -2.43. The molecule has 0 spiro atoms. The Morgan fingerprint density at radius 2 is 1.81 bits per heavy atom. The third kappa shape index (κ3) is 5.35. The molecule has 2 atom stereocenters. The molecule has 15 heteroatoms. The standard InChI is InChI=1S/C33H26F5N5O5/c1-32(30(39)45)15-48-28-20(32)11-25(41-27(28)19-10-22(35)23(36)12-21(19)34)33(46,18-6-4-3-5-7-18)14-40-29(44)16-8-17-13-43(31(37)38)42-26(17)24(9-16)47-2/h3-13,31,46H,14-15H2,1-2H3,(H2,39,45)(H,40,44)/t32-,33+/m0/s1. The first-order chi connectivity index (χ1) is 22.8. The summed E-state index contributed by atoms with van der Waals surface area (Å²) >= 11 is 0. The zero-order valence-electron chi connectivity index (χ0n) is 25.2. The predicted molar refractivity (Wildman–Crippen MR) is 161 cm³/mol. The fourth-order valence-electron chi connectivity index (χ4n) is 5.56. The summed E-state index contributed by atoms with van der Waals surface area (Å²) in [5, 5.41) is 19.0. The van der Waals surface area contributed by atoms with Gasteiger partial charge in [0.2, 0.25) is 5.91 Å². The number of aliphatic hydroxyl groups is 1. The molecule has 0 unspecified atom stereocenters. The van der Waals surface area contributed by atoms with Crippen molar-refractivity contribution in [1.29, 1.82) is 0 Å². The Kier molecular flexibility index (Phi) is 8.03. The Balaban J connectivity index is 1.48. The number of methoxy groups -OCH3 is 1. The van der Waals surface area contributed by atoms with Crippen LogP contribution < -0.4 is 20.5 Å². The SMILES string of the molecule is COc1cc(C(=O)NC[C@@](O)(c2ccccc2)c2cc3c(c(-c4cc(F)c(F)cc4F)n2)OC[C@]3(C)C(N)=O)cc2cn(C(F)F)nc12. The third-order valence-electron chi connectivity index (χ3n) is 8.33. The zero-order chi connectivity index (χ0) is 34.5. The van der Waals surface area contributed by atoms with Gasteiger partial charge in [-0.2, -0.15) is 13.9 Å². The summed E-state index contributed by atoms with van der Waals surface area (Å²) in [5.41, 5.74) is 1.27. The zero-order valence-corrected chi connectivity index (χ0v) is 25.2. The van der Waals surface area contributed by atoms with Crippen molar-refractivity contribution < 1.29 is 46.1 Å². The lowest BCUT2D eigenvalue weighted by atomic mass is 9.80.